The summed E-state index contributed by atoms with van der Waals surface area (Å²) in [5.41, 5.74) is 9.01. The highest BCUT2D eigenvalue weighted by molar-refractivity contribution is 5.84. The van der Waals surface area contributed by atoms with E-state index in [1.165, 1.54) is 30.4 Å². The van der Waals surface area contributed by atoms with Gasteiger partial charge in [0.15, 0.2) is 0 Å². The fraction of sp³-hybridized carbons (Fsp3) is 0.552. The fourth-order valence-electron chi connectivity index (χ4n) is 8.52. The van der Waals surface area contributed by atoms with E-state index in [-0.39, 0.29) is 16.2 Å². The monoisotopic (exact) mass is 428 g/mol. The van der Waals surface area contributed by atoms with Crippen molar-refractivity contribution in [1.29, 1.82) is 0 Å². The molecule has 0 saturated heterocycles. The Bertz CT molecular complexity index is 923. The van der Waals surface area contributed by atoms with Crippen LogP contribution in [0.4, 0.5) is 0 Å². The van der Waals surface area contributed by atoms with Gasteiger partial charge in [0.2, 0.25) is 5.91 Å². The van der Waals surface area contributed by atoms with Gasteiger partial charge in [-0.15, -0.1) is 0 Å². The first-order chi connectivity index (χ1) is 15.5. The smallest absolute Gasteiger partial charge is 0.226 e. The maximum absolute atomic E-state index is 14.1. The van der Waals surface area contributed by atoms with Crippen LogP contribution in [0.25, 0.3) is 0 Å². The Hall–Kier alpha value is -2.13. The second-order valence-corrected chi connectivity index (χ2v) is 11.7. The van der Waals surface area contributed by atoms with Gasteiger partial charge in [0, 0.05) is 12.1 Å². The minimum atomic E-state index is -0.245. The van der Waals surface area contributed by atoms with Crippen molar-refractivity contribution in [3.8, 4) is 0 Å². The van der Waals surface area contributed by atoms with Crippen molar-refractivity contribution in [1.82, 2.24) is 5.32 Å². The lowest BCUT2D eigenvalue weighted by molar-refractivity contribution is -0.153. The first kappa shape index (κ1) is 20.5. The molecule has 3 heteroatoms. The normalized spacial score (nSPS) is 40.2. The van der Waals surface area contributed by atoms with Crippen LogP contribution in [-0.4, -0.2) is 18.0 Å². The molecule has 2 aromatic rings. The largest absolute Gasteiger partial charge is 0.353 e. The number of amides is 1. The Kier molecular flexibility index (Phi) is 4.77. The lowest BCUT2D eigenvalue weighted by atomic mass is 9.37. The molecule has 2 unspecified atom stereocenters. The quantitative estimate of drug-likeness (QED) is 0.700. The number of carbonyl (C=O) groups excluding carboxylic acids is 1. The summed E-state index contributed by atoms with van der Waals surface area (Å²) in [4.78, 5) is 14.1. The van der Waals surface area contributed by atoms with Gasteiger partial charge in [-0.25, -0.2) is 0 Å². The molecule has 5 saturated carbocycles. The number of nitrogens with two attached hydrogens (primary N) is 1. The molecule has 3 nitrogen and oxygen atoms in total. The Labute approximate surface area is 192 Å². The van der Waals surface area contributed by atoms with E-state index in [9.17, 15) is 4.79 Å². The van der Waals surface area contributed by atoms with E-state index in [1.54, 1.807) is 0 Å². The second kappa shape index (κ2) is 7.45. The van der Waals surface area contributed by atoms with Gasteiger partial charge in [-0.3, -0.25) is 4.79 Å². The van der Waals surface area contributed by atoms with E-state index >= 15 is 0 Å². The molecule has 0 heterocycles. The molecular weight excluding hydrogens is 392 g/mol. The second-order valence-electron chi connectivity index (χ2n) is 11.7. The van der Waals surface area contributed by atoms with Crippen LogP contribution >= 0.6 is 0 Å². The van der Waals surface area contributed by atoms with Crippen LogP contribution in [-0.2, 0) is 15.6 Å². The summed E-state index contributed by atoms with van der Waals surface area (Å²) in [6.07, 6.45) is 10.8. The molecule has 7 rings (SSSR count). The summed E-state index contributed by atoms with van der Waals surface area (Å²) in [7, 11) is 0. The lowest BCUT2D eigenvalue weighted by Crippen LogP contribution is -2.64. The van der Waals surface area contributed by atoms with E-state index < -0.39 is 0 Å². The Morgan fingerprint density at radius 2 is 1.28 bits per heavy atom. The van der Waals surface area contributed by atoms with Crippen LogP contribution in [0.2, 0.25) is 0 Å². The topological polar surface area (TPSA) is 55.1 Å². The van der Waals surface area contributed by atoms with Gasteiger partial charge in [0.1, 0.15) is 0 Å². The zero-order valence-corrected chi connectivity index (χ0v) is 19.1. The third-order valence-electron chi connectivity index (χ3n) is 9.43. The minimum Gasteiger partial charge on any atom is -0.353 e. The average molecular weight is 429 g/mol. The molecule has 168 valence electrons. The number of benzene rings is 2. The van der Waals surface area contributed by atoms with Gasteiger partial charge in [0.25, 0.3) is 0 Å². The van der Waals surface area contributed by atoms with Gasteiger partial charge < -0.3 is 11.1 Å². The van der Waals surface area contributed by atoms with Gasteiger partial charge in [-0.2, -0.15) is 0 Å². The van der Waals surface area contributed by atoms with E-state index in [4.69, 9.17) is 5.73 Å². The molecule has 0 aromatic heterocycles. The summed E-state index contributed by atoms with van der Waals surface area (Å²) >= 11 is 0. The first-order valence-electron chi connectivity index (χ1n) is 12.7. The van der Waals surface area contributed by atoms with Crippen molar-refractivity contribution in [2.45, 2.75) is 87.1 Å². The molecule has 3 N–H and O–H groups in total. The van der Waals surface area contributed by atoms with Crippen LogP contribution < -0.4 is 11.1 Å². The number of hydrogen-bond donors (Lipinski definition) is 2. The maximum atomic E-state index is 14.1. The van der Waals surface area contributed by atoms with Crippen molar-refractivity contribution < 1.29 is 4.79 Å². The molecule has 4 atom stereocenters. The number of hydrogen-bond acceptors (Lipinski definition) is 2. The Morgan fingerprint density at radius 3 is 1.81 bits per heavy atom. The predicted molar refractivity (Wildman–Crippen MR) is 128 cm³/mol. The van der Waals surface area contributed by atoms with Crippen LogP contribution in [0.5, 0.6) is 0 Å². The van der Waals surface area contributed by atoms with Crippen molar-refractivity contribution in [3.05, 3.63) is 71.8 Å². The van der Waals surface area contributed by atoms with Gasteiger partial charge in [-0.1, -0.05) is 60.7 Å². The summed E-state index contributed by atoms with van der Waals surface area (Å²) in [6.45, 7) is 0. The zero-order valence-electron chi connectivity index (χ0n) is 19.1. The van der Waals surface area contributed by atoms with E-state index in [0.29, 0.717) is 23.9 Å². The van der Waals surface area contributed by atoms with Crippen molar-refractivity contribution >= 4 is 5.91 Å². The van der Waals surface area contributed by atoms with Gasteiger partial charge in [-0.05, 0) is 92.1 Å². The first-order valence-corrected chi connectivity index (χ1v) is 12.7. The molecule has 5 aliphatic carbocycles. The number of carbonyl (C=O) groups is 1. The number of rotatable bonds is 4. The predicted octanol–water partition coefficient (Wildman–Crippen LogP) is 5.23. The highest BCUT2D eigenvalue weighted by Gasteiger charge is 2.66. The molecule has 5 aliphatic rings. The summed E-state index contributed by atoms with van der Waals surface area (Å²) in [5, 5.41) is 3.54. The van der Waals surface area contributed by atoms with Gasteiger partial charge in [0.05, 0.1) is 5.41 Å². The van der Waals surface area contributed by atoms with Crippen LogP contribution in [0, 0.1) is 11.3 Å². The SMILES string of the molecule is NC1CCC(NC(=O)C23CC4C[C@](c5ccccc5)(C2)C[C@@](c2ccccc2)(C4)C3)CC1. The molecule has 4 bridgehead atoms. The van der Waals surface area contributed by atoms with Crippen LogP contribution in [0.15, 0.2) is 60.7 Å². The molecule has 1 amide bonds. The maximum Gasteiger partial charge on any atom is 0.226 e. The molecule has 5 fully saturated rings. The molecule has 32 heavy (non-hydrogen) atoms. The molecule has 0 aliphatic heterocycles. The average Bonchev–Trinajstić information content (AvgIpc) is 2.81. The fourth-order valence-corrected chi connectivity index (χ4v) is 8.52. The molecule has 2 aromatic carbocycles. The lowest BCUT2D eigenvalue weighted by Gasteiger charge is -2.66. The minimum absolute atomic E-state index is 0.114. The highest BCUT2D eigenvalue weighted by Crippen LogP contribution is 2.70. The Balaban J connectivity index is 1.39. The third kappa shape index (κ3) is 3.23. The van der Waals surface area contributed by atoms with E-state index in [0.717, 1.165) is 44.9 Å². The Morgan fingerprint density at radius 1 is 0.750 bits per heavy atom. The van der Waals surface area contributed by atoms with Crippen molar-refractivity contribution in [3.63, 3.8) is 0 Å². The van der Waals surface area contributed by atoms with E-state index in [1.807, 2.05) is 0 Å². The summed E-state index contributed by atoms with van der Waals surface area (Å²) in [6, 6.07) is 22.9. The molecule has 0 spiro atoms. The van der Waals surface area contributed by atoms with Gasteiger partial charge >= 0.3 is 0 Å². The van der Waals surface area contributed by atoms with Crippen LogP contribution in [0.3, 0.4) is 0 Å². The highest BCUT2D eigenvalue weighted by atomic mass is 16.2. The summed E-state index contributed by atoms with van der Waals surface area (Å²) in [5.74, 6) is 0.958. The number of nitrogens with one attached hydrogen (secondary N) is 1. The molecular formula is C29H36N2O. The summed E-state index contributed by atoms with van der Waals surface area (Å²) < 4.78 is 0. The van der Waals surface area contributed by atoms with Crippen molar-refractivity contribution in [2.24, 2.45) is 17.1 Å². The third-order valence-corrected chi connectivity index (χ3v) is 9.43. The molecule has 0 radical (unpaired) electrons. The standard InChI is InChI=1S/C29H36N2O/c30-24-11-13-25(14-12-24)31-26(32)29-17-21-15-27(19-29,22-7-3-1-4-8-22)18-28(16-21,20-29)23-9-5-2-6-10-23/h1-10,21,24-25H,11-20,30H2,(H,31,32)/t21?,24?,25?,27-,28+,29?. The van der Waals surface area contributed by atoms with Crippen LogP contribution in [0.1, 0.15) is 75.3 Å². The zero-order chi connectivity index (χ0) is 21.8. The van der Waals surface area contributed by atoms with Crippen molar-refractivity contribution in [2.75, 3.05) is 0 Å². The van der Waals surface area contributed by atoms with E-state index in [2.05, 4.69) is 66.0 Å².